The van der Waals surface area contributed by atoms with Crippen LogP contribution in [0.1, 0.15) is 5.56 Å². The summed E-state index contributed by atoms with van der Waals surface area (Å²) >= 11 is 0. The third kappa shape index (κ3) is 3.56. The first-order valence-electron chi connectivity index (χ1n) is 8.19. The van der Waals surface area contributed by atoms with Gasteiger partial charge in [-0.25, -0.2) is 4.98 Å². The third-order valence-electron chi connectivity index (χ3n) is 3.97. The summed E-state index contributed by atoms with van der Waals surface area (Å²) in [7, 11) is 0. The Morgan fingerprint density at radius 2 is 1.48 bits per heavy atom. The molecule has 4 aromatic rings. The molecular weight excluding hydrogens is 306 g/mol. The molecule has 1 aromatic heterocycles. The van der Waals surface area contributed by atoms with Crippen molar-refractivity contribution >= 4 is 22.8 Å². The number of rotatable bonds is 4. The summed E-state index contributed by atoms with van der Waals surface area (Å²) in [6, 6.07) is 30.4. The van der Waals surface area contributed by atoms with Crippen LogP contribution in [0.25, 0.3) is 22.2 Å². The van der Waals surface area contributed by atoms with Crippen LogP contribution in [0.4, 0.5) is 5.69 Å². The monoisotopic (exact) mass is 323 g/mol. The van der Waals surface area contributed by atoms with Crippen molar-refractivity contribution in [3.05, 3.63) is 96.6 Å². The lowest BCUT2D eigenvalue weighted by Crippen LogP contribution is -1.91. The largest absolute Gasteiger partial charge is 0.279 e. The van der Waals surface area contributed by atoms with Crippen molar-refractivity contribution < 1.29 is 0 Å². The molecule has 0 fully saturated rings. The number of anilines is 1. The van der Waals surface area contributed by atoms with E-state index in [4.69, 9.17) is 4.98 Å². The zero-order valence-electron chi connectivity index (χ0n) is 13.6. The second kappa shape index (κ2) is 6.97. The van der Waals surface area contributed by atoms with Gasteiger partial charge in [0.1, 0.15) is 0 Å². The highest BCUT2D eigenvalue weighted by molar-refractivity contribution is 5.89. The first kappa shape index (κ1) is 15.1. The van der Waals surface area contributed by atoms with Crippen molar-refractivity contribution in [2.24, 2.45) is 5.10 Å². The van der Waals surface area contributed by atoms with Crippen molar-refractivity contribution in [3.63, 3.8) is 0 Å². The van der Waals surface area contributed by atoms with Crippen molar-refractivity contribution in [1.82, 2.24) is 4.98 Å². The van der Waals surface area contributed by atoms with Gasteiger partial charge in [-0.3, -0.25) is 5.43 Å². The van der Waals surface area contributed by atoms with E-state index >= 15 is 0 Å². The number of pyridine rings is 1. The van der Waals surface area contributed by atoms with Gasteiger partial charge in [-0.1, -0.05) is 66.7 Å². The summed E-state index contributed by atoms with van der Waals surface area (Å²) in [4.78, 5) is 4.79. The predicted molar refractivity (Wildman–Crippen MR) is 105 cm³/mol. The highest BCUT2D eigenvalue weighted by Crippen LogP contribution is 2.21. The Hall–Kier alpha value is -3.46. The fraction of sp³-hybridized carbons (Fsp3) is 0. The lowest BCUT2D eigenvalue weighted by molar-refractivity contribution is 1.35. The van der Waals surface area contributed by atoms with Crippen LogP contribution >= 0.6 is 0 Å². The molecule has 0 aliphatic heterocycles. The van der Waals surface area contributed by atoms with Gasteiger partial charge in [0.2, 0.25) is 0 Å². The molecule has 120 valence electrons. The average Bonchev–Trinajstić information content (AvgIpc) is 2.69. The number of nitrogens with zero attached hydrogens (tertiary/aromatic N) is 2. The van der Waals surface area contributed by atoms with E-state index in [1.807, 2.05) is 60.8 Å². The lowest BCUT2D eigenvalue weighted by atomic mass is 10.1. The molecule has 0 amide bonds. The topological polar surface area (TPSA) is 37.3 Å². The number of nitrogens with one attached hydrogen (secondary N) is 1. The van der Waals surface area contributed by atoms with E-state index in [2.05, 4.69) is 46.9 Å². The molecule has 0 spiro atoms. The first-order valence-corrected chi connectivity index (χ1v) is 8.19. The number of hydrogen-bond acceptors (Lipinski definition) is 3. The van der Waals surface area contributed by atoms with Crippen LogP contribution in [0.15, 0.2) is 96.1 Å². The Morgan fingerprint density at radius 1 is 0.760 bits per heavy atom. The summed E-state index contributed by atoms with van der Waals surface area (Å²) in [5.74, 6) is 0. The van der Waals surface area contributed by atoms with Gasteiger partial charge in [-0.05, 0) is 29.8 Å². The number of benzene rings is 3. The normalized spacial score (nSPS) is 11.0. The molecule has 0 saturated carbocycles. The van der Waals surface area contributed by atoms with Crippen LogP contribution in [0.3, 0.4) is 0 Å². The van der Waals surface area contributed by atoms with E-state index in [-0.39, 0.29) is 0 Å². The summed E-state index contributed by atoms with van der Waals surface area (Å²) in [6.07, 6.45) is 1.81. The maximum Gasteiger partial charge on any atom is 0.0716 e. The molecule has 0 radical (unpaired) electrons. The molecule has 3 nitrogen and oxygen atoms in total. The van der Waals surface area contributed by atoms with Gasteiger partial charge in [0.05, 0.1) is 23.1 Å². The quantitative estimate of drug-likeness (QED) is 0.406. The first-order chi connectivity index (χ1) is 12.4. The van der Waals surface area contributed by atoms with E-state index < -0.39 is 0 Å². The Labute approximate surface area is 146 Å². The third-order valence-corrected chi connectivity index (χ3v) is 3.97. The zero-order chi connectivity index (χ0) is 16.9. The van der Waals surface area contributed by atoms with Crippen LogP contribution in [-0.2, 0) is 0 Å². The van der Waals surface area contributed by atoms with Crippen LogP contribution in [0, 0.1) is 0 Å². The molecule has 0 saturated heterocycles. The number of para-hydroxylation sites is 1. The van der Waals surface area contributed by atoms with Gasteiger partial charge in [-0.15, -0.1) is 0 Å². The molecule has 25 heavy (non-hydrogen) atoms. The fourth-order valence-electron chi connectivity index (χ4n) is 2.68. The molecule has 3 aromatic carbocycles. The lowest BCUT2D eigenvalue weighted by Gasteiger charge is -2.04. The molecule has 0 atom stereocenters. The van der Waals surface area contributed by atoms with Crippen LogP contribution < -0.4 is 5.43 Å². The van der Waals surface area contributed by atoms with Crippen molar-refractivity contribution in [2.75, 3.05) is 5.43 Å². The number of hydrogen-bond donors (Lipinski definition) is 1. The van der Waals surface area contributed by atoms with E-state index in [0.717, 1.165) is 33.4 Å². The van der Waals surface area contributed by atoms with E-state index in [0.29, 0.717) is 0 Å². The molecule has 3 heteroatoms. The maximum atomic E-state index is 4.79. The van der Waals surface area contributed by atoms with Gasteiger partial charge in [0, 0.05) is 10.9 Å². The second-order valence-electron chi connectivity index (χ2n) is 5.75. The second-order valence-corrected chi connectivity index (χ2v) is 5.75. The average molecular weight is 323 g/mol. The van der Waals surface area contributed by atoms with Crippen LogP contribution in [-0.4, -0.2) is 11.2 Å². The molecule has 1 heterocycles. The SMILES string of the molecule is C(=NNc1ccccc1)c1ccc2ccc(-c3ccccc3)nc2c1. The van der Waals surface area contributed by atoms with Gasteiger partial charge in [0.15, 0.2) is 0 Å². The van der Waals surface area contributed by atoms with E-state index in [1.165, 1.54) is 0 Å². The highest BCUT2D eigenvalue weighted by Gasteiger charge is 2.01. The van der Waals surface area contributed by atoms with Crippen molar-refractivity contribution in [1.29, 1.82) is 0 Å². The summed E-state index contributed by atoms with van der Waals surface area (Å²) in [6.45, 7) is 0. The highest BCUT2D eigenvalue weighted by atomic mass is 15.3. The summed E-state index contributed by atoms with van der Waals surface area (Å²) < 4.78 is 0. The molecule has 0 aliphatic carbocycles. The number of aromatic nitrogens is 1. The molecule has 4 rings (SSSR count). The molecular formula is C22H17N3. The van der Waals surface area contributed by atoms with Crippen LogP contribution in [0.2, 0.25) is 0 Å². The smallest absolute Gasteiger partial charge is 0.0716 e. The van der Waals surface area contributed by atoms with Crippen LogP contribution in [0.5, 0.6) is 0 Å². The number of hydrazone groups is 1. The van der Waals surface area contributed by atoms with Gasteiger partial charge >= 0.3 is 0 Å². The standard InChI is InChI=1S/C22H17N3/c1-3-7-18(8-4-1)21-14-13-19-12-11-17(15-22(19)24-21)16-23-25-20-9-5-2-6-10-20/h1-16,25H. The van der Waals surface area contributed by atoms with Crippen molar-refractivity contribution in [3.8, 4) is 11.3 Å². The Bertz CT molecular complexity index is 1010. The zero-order valence-corrected chi connectivity index (χ0v) is 13.6. The number of fused-ring (bicyclic) bond motifs is 1. The van der Waals surface area contributed by atoms with Gasteiger partial charge in [0.25, 0.3) is 0 Å². The Kier molecular flexibility index (Phi) is 4.21. The maximum absolute atomic E-state index is 4.79. The minimum absolute atomic E-state index is 0.962. The fourth-order valence-corrected chi connectivity index (χ4v) is 2.68. The Morgan fingerprint density at radius 3 is 2.28 bits per heavy atom. The van der Waals surface area contributed by atoms with Crippen molar-refractivity contribution in [2.45, 2.75) is 0 Å². The molecule has 0 aliphatic rings. The Balaban J connectivity index is 1.60. The molecule has 0 unspecified atom stereocenters. The minimum Gasteiger partial charge on any atom is -0.279 e. The summed E-state index contributed by atoms with van der Waals surface area (Å²) in [5, 5.41) is 5.41. The minimum atomic E-state index is 0.962. The van der Waals surface area contributed by atoms with E-state index in [9.17, 15) is 0 Å². The molecule has 1 N–H and O–H groups in total. The van der Waals surface area contributed by atoms with E-state index in [1.54, 1.807) is 0 Å². The predicted octanol–water partition coefficient (Wildman–Crippen LogP) is 5.35. The van der Waals surface area contributed by atoms with Gasteiger partial charge < -0.3 is 0 Å². The molecule has 0 bridgehead atoms. The van der Waals surface area contributed by atoms with Gasteiger partial charge in [-0.2, -0.15) is 5.10 Å². The summed E-state index contributed by atoms with van der Waals surface area (Å²) in [5.41, 5.74) is 8.06.